The average Bonchev–Trinajstić information content (AvgIpc) is 2.96. The zero-order valence-corrected chi connectivity index (χ0v) is 14.8. The predicted octanol–water partition coefficient (Wildman–Crippen LogP) is 0.779. The molecule has 8 heteroatoms. The van der Waals surface area contributed by atoms with Gasteiger partial charge < -0.3 is 14.8 Å². The van der Waals surface area contributed by atoms with Gasteiger partial charge in [-0.3, -0.25) is 9.59 Å². The van der Waals surface area contributed by atoms with Gasteiger partial charge in [0.1, 0.15) is 18.2 Å². The lowest BCUT2D eigenvalue weighted by atomic mass is 9.95. The largest absolute Gasteiger partial charge is 0.345 e. The van der Waals surface area contributed by atoms with Crippen LogP contribution in [0.2, 0.25) is 0 Å². The van der Waals surface area contributed by atoms with E-state index in [-0.39, 0.29) is 11.8 Å². The smallest absolute Gasteiger partial charge is 0.245 e. The maximum Gasteiger partial charge on any atom is 0.245 e. The summed E-state index contributed by atoms with van der Waals surface area (Å²) in [6.45, 7) is 2.86. The number of carbonyl (C=O) groups excluding carboxylic acids is 2. The highest BCUT2D eigenvalue weighted by molar-refractivity contribution is 7.98. The molecule has 0 spiro atoms. The summed E-state index contributed by atoms with van der Waals surface area (Å²) in [7, 11) is 1.95. The van der Waals surface area contributed by atoms with Crippen LogP contribution in [0.4, 0.5) is 0 Å². The number of aromatic nitrogens is 3. The quantitative estimate of drug-likeness (QED) is 0.828. The molecule has 1 N–H and O–H groups in total. The number of piperidine rings is 1. The number of hydrogen-bond donors (Lipinski definition) is 1. The third-order valence-electron chi connectivity index (χ3n) is 4.20. The van der Waals surface area contributed by atoms with Gasteiger partial charge in [-0.25, -0.2) is 0 Å². The molecule has 0 radical (unpaired) electrons. The Balaban J connectivity index is 1.92. The average molecular weight is 339 g/mol. The van der Waals surface area contributed by atoms with Crippen LogP contribution >= 0.6 is 11.8 Å². The molecule has 0 aromatic carbocycles. The number of aryl methyl sites for hydroxylation is 1. The Kier molecular flexibility index (Phi) is 6.44. The second-order valence-electron chi connectivity index (χ2n) is 5.93. The van der Waals surface area contributed by atoms with E-state index < -0.39 is 6.04 Å². The van der Waals surface area contributed by atoms with E-state index in [0.717, 1.165) is 24.4 Å². The summed E-state index contributed by atoms with van der Waals surface area (Å²) >= 11 is 1.68. The van der Waals surface area contributed by atoms with Gasteiger partial charge in [0.05, 0.1) is 0 Å². The van der Waals surface area contributed by atoms with E-state index in [4.69, 9.17) is 0 Å². The standard InChI is InChI=1S/C15H25N5O2S/c1-11(21)17-13(6-9-23-3)15(22)20-7-4-12(5-8-20)14-18-16-10-19(14)2/h10,12-13H,4-9H2,1-3H3,(H,17,21)/t13-/m0/s1. The zero-order valence-electron chi connectivity index (χ0n) is 14.0. The first-order chi connectivity index (χ1) is 11.0. The van der Waals surface area contributed by atoms with E-state index in [9.17, 15) is 9.59 Å². The highest BCUT2D eigenvalue weighted by atomic mass is 32.2. The number of nitrogens with one attached hydrogen (secondary N) is 1. The van der Waals surface area contributed by atoms with Crippen LogP contribution in [0.1, 0.15) is 37.9 Å². The molecule has 2 heterocycles. The lowest BCUT2D eigenvalue weighted by Gasteiger charge is -2.34. The third-order valence-corrected chi connectivity index (χ3v) is 4.85. The Hall–Kier alpha value is -1.57. The maximum absolute atomic E-state index is 12.7. The summed E-state index contributed by atoms with van der Waals surface area (Å²) in [5.74, 6) is 2.06. The van der Waals surface area contributed by atoms with Gasteiger partial charge >= 0.3 is 0 Å². The van der Waals surface area contributed by atoms with Crippen molar-refractivity contribution in [2.45, 2.75) is 38.1 Å². The molecule has 1 aromatic rings. The van der Waals surface area contributed by atoms with Crippen molar-refractivity contribution < 1.29 is 9.59 Å². The predicted molar refractivity (Wildman–Crippen MR) is 90.2 cm³/mol. The van der Waals surface area contributed by atoms with Crippen LogP contribution in [-0.2, 0) is 16.6 Å². The number of carbonyl (C=O) groups is 2. The molecule has 1 saturated heterocycles. The van der Waals surface area contributed by atoms with Crippen molar-refractivity contribution in [1.82, 2.24) is 25.0 Å². The van der Waals surface area contributed by atoms with Crippen LogP contribution < -0.4 is 5.32 Å². The van der Waals surface area contributed by atoms with Gasteiger partial charge in [0.25, 0.3) is 0 Å². The van der Waals surface area contributed by atoms with Crippen LogP contribution in [0, 0.1) is 0 Å². The minimum atomic E-state index is -0.411. The molecule has 0 unspecified atom stereocenters. The number of amides is 2. The van der Waals surface area contributed by atoms with E-state index in [1.165, 1.54) is 6.92 Å². The molecule has 2 rings (SSSR count). The highest BCUT2D eigenvalue weighted by Gasteiger charge is 2.30. The second-order valence-corrected chi connectivity index (χ2v) is 6.92. The fourth-order valence-electron chi connectivity index (χ4n) is 2.98. The summed E-state index contributed by atoms with van der Waals surface area (Å²) in [6.07, 6.45) is 6.15. The van der Waals surface area contributed by atoms with Crippen molar-refractivity contribution in [3.63, 3.8) is 0 Å². The van der Waals surface area contributed by atoms with Crippen LogP contribution in [0.5, 0.6) is 0 Å². The fourth-order valence-corrected chi connectivity index (χ4v) is 3.45. The topological polar surface area (TPSA) is 80.1 Å². The lowest BCUT2D eigenvalue weighted by Crippen LogP contribution is -2.50. The van der Waals surface area contributed by atoms with Crippen LogP contribution in [0.3, 0.4) is 0 Å². The Labute approximate surface area is 141 Å². The molecule has 128 valence electrons. The van der Waals surface area contributed by atoms with Crippen LogP contribution in [0.25, 0.3) is 0 Å². The molecule has 1 atom stereocenters. The highest BCUT2D eigenvalue weighted by Crippen LogP contribution is 2.26. The van der Waals surface area contributed by atoms with Crippen molar-refractivity contribution in [3.8, 4) is 0 Å². The first kappa shape index (κ1) is 17.8. The van der Waals surface area contributed by atoms with Gasteiger partial charge in [0.2, 0.25) is 11.8 Å². The lowest BCUT2D eigenvalue weighted by molar-refractivity contribution is -0.137. The monoisotopic (exact) mass is 339 g/mol. The third kappa shape index (κ3) is 4.70. The molecule has 23 heavy (non-hydrogen) atoms. The van der Waals surface area contributed by atoms with E-state index >= 15 is 0 Å². The number of nitrogens with zero attached hydrogens (tertiary/aromatic N) is 4. The first-order valence-electron chi connectivity index (χ1n) is 7.91. The SMILES string of the molecule is CSCC[C@H](NC(C)=O)C(=O)N1CCC(c2nncn2C)CC1. The summed E-state index contributed by atoms with van der Waals surface area (Å²) in [4.78, 5) is 25.9. The van der Waals surface area contributed by atoms with E-state index in [0.29, 0.717) is 25.4 Å². The van der Waals surface area contributed by atoms with E-state index in [2.05, 4.69) is 15.5 Å². The van der Waals surface area contributed by atoms with Gasteiger partial charge in [0, 0.05) is 33.0 Å². The Morgan fingerprint density at radius 2 is 2.13 bits per heavy atom. The molecular weight excluding hydrogens is 314 g/mol. The van der Waals surface area contributed by atoms with Gasteiger partial charge in [0.15, 0.2) is 0 Å². The molecule has 7 nitrogen and oxygen atoms in total. The number of rotatable bonds is 6. The van der Waals surface area contributed by atoms with Crippen molar-refractivity contribution in [2.75, 3.05) is 25.1 Å². The molecule has 0 bridgehead atoms. The molecule has 0 saturated carbocycles. The van der Waals surface area contributed by atoms with Gasteiger partial charge in [-0.15, -0.1) is 10.2 Å². The van der Waals surface area contributed by atoms with Gasteiger partial charge in [-0.1, -0.05) is 0 Å². The second kappa shape index (κ2) is 8.33. The van der Waals surface area contributed by atoms with Gasteiger partial charge in [-0.05, 0) is 31.3 Å². The first-order valence-corrected chi connectivity index (χ1v) is 9.31. The molecular formula is C15H25N5O2S. The van der Waals surface area contributed by atoms with E-state index in [1.54, 1.807) is 18.1 Å². The molecule has 1 aliphatic heterocycles. The van der Waals surface area contributed by atoms with E-state index in [1.807, 2.05) is 22.8 Å². The number of hydrogen-bond acceptors (Lipinski definition) is 5. The number of thioether (sulfide) groups is 1. The maximum atomic E-state index is 12.7. The summed E-state index contributed by atoms with van der Waals surface area (Å²) in [6, 6.07) is -0.411. The summed E-state index contributed by atoms with van der Waals surface area (Å²) in [5, 5.41) is 10.9. The molecule has 1 aromatic heterocycles. The summed E-state index contributed by atoms with van der Waals surface area (Å²) < 4.78 is 1.95. The molecule has 1 aliphatic rings. The Morgan fingerprint density at radius 3 is 2.65 bits per heavy atom. The minimum absolute atomic E-state index is 0.0330. The Bertz CT molecular complexity index is 540. The van der Waals surface area contributed by atoms with Crippen molar-refractivity contribution in [1.29, 1.82) is 0 Å². The van der Waals surface area contributed by atoms with Crippen molar-refractivity contribution in [3.05, 3.63) is 12.2 Å². The molecule has 1 fully saturated rings. The van der Waals surface area contributed by atoms with Crippen molar-refractivity contribution in [2.24, 2.45) is 7.05 Å². The summed E-state index contributed by atoms with van der Waals surface area (Å²) in [5.41, 5.74) is 0. The molecule has 2 amide bonds. The molecule has 0 aliphatic carbocycles. The van der Waals surface area contributed by atoms with Crippen molar-refractivity contribution >= 4 is 23.6 Å². The fraction of sp³-hybridized carbons (Fsp3) is 0.733. The zero-order chi connectivity index (χ0) is 16.8. The van der Waals surface area contributed by atoms with Crippen LogP contribution in [0.15, 0.2) is 6.33 Å². The van der Waals surface area contributed by atoms with Gasteiger partial charge in [-0.2, -0.15) is 11.8 Å². The normalized spacial score (nSPS) is 17.1. The number of likely N-dealkylation sites (tertiary alicyclic amines) is 1. The van der Waals surface area contributed by atoms with Crippen LogP contribution in [-0.4, -0.2) is 62.6 Å². The Morgan fingerprint density at radius 1 is 1.43 bits per heavy atom. The minimum Gasteiger partial charge on any atom is -0.345 e.